The zero-order chi connectivity index (χ0) is 15.3. The molecule has 20 heavy (non-hydrogen) atoms. The molecule has 2 atom stereocenters. The first-order valence-corrected chi connectivity index (χ1v) is 8.62. The molecule has 0 aliphatic heterocycles. The summed E-state index contributed by atoms with van der Waals surface area (Å²) in [5, 5.41) is 8.87. The van der Waals surface area contributed by atoms with Gasteiger partial charge in [0.15, 0.2) is 11.6 Å². The number of ether oxygens (including phenoxy) is 1. The second-order valence-electron chi connectivity index (χ2n) is 4.16. The highest BCUT2D eigenvalue weighted by Crippen LogP contribution is 2.21. The predicted molar refractivity (Wildman–Crippen MR) is 77.1 cm³/mol. The van der Waals surface area contributed by atoms with Crippen molar-refractivity contribution in [2.75, 3.05) is 20.0 Å². The number of hydrogen-bond acceptors (Lipinski definition) is 5. The number of sulfonamides is 1. The quantitative estimate of drug-likeness (QED) is 0.789. The monoisotopic (exact) mass is 323 g/mol. The number of methoxy groups -OCH3 is 1. The molecule has 5 nitrogen and oxygen atoms in total. The van der Waals surface area contributed by atoms with Gasteiger partial charge in [0.25, 0.3) is 0 Å². The lowest BCUT2D eigenvalue weighted by molar-refractivity contribution is 0.282. The molecule has 1 aromatic carbocycles. The lowest BCUT2D eigenvalue weighted by Gasteiger charge is -2.21. The van der Waals surface area contributed by atoms with Crippen LogP contribution in [0.3, 0.4) is 0 Å². The van der Waals surface area contributed by atoms with E-state index in [1.165, 1.54) is 31.0 Å². The second-order valence-corrected chi connectivity index (χ2v) is 6.95. The van der Waals surface area contributed by atoms with Gasteiger partial charge in [0, 0.05) is 11.3 Å². The highest BCUT2D eigenvalue weighted by atomic mass is 32.2. The van der Waals surface area contributed by atoms with Crippen molar-refractivity contribution in [3.63, 3.8) is 0 Å². The smallest absolute Gasteiger partial charge is 0.240 e. The van der Waals surface area contributed by atoms with Crippen molar-refractivity contribution in [3.8, 4) is 5.75 Å². The predicted octanol–water partition coefficient (Wildman–Crippen LogP) is 1.22. The standard InChI is InChI=1S/C12H18FNO4S2/c1-8(12(7-15)19-3)14-20(16,17)9-4-5-11(18-2)10(13)6-9/h4-6,8,12,14-15H,7H2,1-3H3. The van der Waals surface area contributed by atoms with Crippen LogP contribution in [0.25, 0.3) is 0 Å². The van der Waals surface area contributed by atoms with E-state index in [2.05, 4.69) is 4.72 Å². The molecule has 0 heterocycles. The van der Waals surface area contributed by atoms with Gasteiger partial charge in [-0.25, -0.2) is 17.5 Å². The van der Waals surface area contributed by atoms with Crippen LogP contribution < -0.4 is 9.46 Å². The molecular weight excluding hydrogens is 305 g/mol. The fourth-order valence-corrected chi connectivity index (χ4v) is 3.65. The van der Waals surface area contributed by atoms with Crippen LogP contribution in [0.5, 0.6) is 5.75 Å². The van der Waals surface area contributed by atoms with Crippen LogP contribution in [0, 0.1) is 5.82 Å². The van der Waals surface area contributed by atoms with Gasteiger partial charge >= 0.3 is 0 Å². The van der Waals surface area contributed by atoms with Crippen molar-refractivity contribution in [2.45, 2.75) is 23.1 Å². The van der Waals surface area contributed by atoms with Crippen molar-refractivity contribution in [2.24, 2.45) is 0 Å². The number of aliphatic hydroxyl groups excluding tert-OH is 1. The maximum atomic E-state index is 13.5. The van der Waals surface area contributed by atoms with Gasteiger partial charge in [0.2, 0.25) is 10.0 Å². The van der Waals surface area contributed by atoms with Crippen LogP contribution in [0.4, 0.5) is 4.39 Å². The summed E-state index contributed by atoms with van der Waals surface area (Å²) < 4.78 is 45.0. The summed E-state index contributed by atoms with van der Waals surface area (Å²) in [5.41, 5.74) is 0. The fourth-order valence-electron chi connectivity index (χ4n) is 1.64. The molecule has 0 spiro atoms. The largest absolute Gasteiger partial charge is 0.494 e. The zero-order valence-corrected chi connectivity index (χ0v) is 13.1. The first-order chi connectivity index (χ1) is 9.35. The third kappa shape index (κ3) is 4.08. The summed E-state index contributed by atoms with van der Waals surface area (Å²) >= 11 is 1.35. The van der Waals surface area contributed by atoms with Crippen molar-refractivity contribution >= 4 is 21.8 Å². The Morgan fingerprint density at radius 1 is 1.50 bits per heavy atom. The van der Waals surface area contributed by atoms with Crippen molar-refractivity contribution in [1.82, 2.24) is 4.72 Å². The van der Waals surface area contributed by atoms with Crippen LogP contribution >= 0.6 is 11.8 Å². The molecule has 0 bridgehead atoms. The Morgan fingerprint density at radius 2 is 2.15 bits per heavy atom. The summed E-state index contributed by atoms with van der Waals surface area (Å²) in [7, 11) is -2.54. The van der Waals surface area contributed by atoms with Crippen LogP contribution in [0.1, 0.15) is 6.92 Å². The summed E-state index contributed by atoms with van der Waals surface area (Å²) in [6.45, 7) is 1.50. The highest BCUT2D eigenvalue weighted by Gasteiger charge is 2.23. The number of nitrogens with one attached hydrogen (secondary N) is 1. The van der Waals surface area contributed by atoms with Crippen molar-refractivity contribution in [1.29, 1.82) is 0 Å². The van der Waals surface area contributed by atoms with Crippen molar-refractivity contribution < 1.29 is 22.7 Å². The molecule has 0 amide bonds. The molecule has 0 saturated heterocycles. The molecule has 0 radical (unpaired) electrons. The molecule has 2 N–H and O–H groups in total. The maximum Gasteiger partial charge on any atom is 0.240 e. The van der Waals surface area contributed by atoms with Crippen LogP contribution in [0.15, 0.2) is 23.1 Å². The summed E-state index contributed by atoms with van der Waals surface area (Å²) in [5.74, 6) is -0.763. The van der Waals surface area contributed by atoms with E-state index in [0.717, 1.165) is 6.07 Å². The minimum absolute atomic E-state index is 0.0191. The lowest BCUT2D eigenvalue weighted by Crippen LogP contribution is -2.41. The number of aliphatic hydroxyl groups is 1. The molecule has 0 aliphatic carbocycles. The Hall–Kier alpha value is -0.830. The van der Waals surface area contributed by atoms with E-state index in [-0.39, 0.29) is 22.5 Å². The van der Waals surface area contributed by atoms with Gasteiger partial charge in [0.05, 0.1) is 18.6 Å². The Kier molecular flexibility index (Phi) is 6.25. The Labute approximate surface area is 122 Å². The molecule has 1 aromatic rings. The first kappa shape index (κ1) is 17.2. The molecule has 2 unspecified atom stereocenters. The SMILES string of the molecule is COc1ccc(S(=O)(=O)NC(C)C(CO)SC)cc1F. The van der Waals surface area contributed by atoms with Gasteiger partial charge in [-0.3, -0.25) is 0 Å². The number of benzene rings is 1. The number of thioether (sulfide) groups is 1. The average molecular weight is 323 g/mol. The minimum atomic E-state index is -3.84. The number of hydrogen-bond donors (Lipinski definition) is 2. The van der Waals surface area contributed by atoms with E-state index >= 15 is 0 Å². The molecule has 0 saturated carbocycles. The zero-order valence-electron chi connectivity index (χ0n) is 11.5. The van der Waals surface area contributed by atoms with Gasteiger partial charge < -0.3 is 9.84 Å². The van der Waals surface area contributed by atoms with Crippen LogP contribution in [0.2, 0.25) is 0 Å². The summed E-state index contributed by atoms with van der Waals surface area (Å²) in [4.78, 5) is -0.180. The van der Waals surface area contributed by atoms with E-state index < -0.39 is 21.9 Å². The summed E-state index contributed by atoms with van der Waals surface area (Å²) in [6.07, 6.45) is 1.78. The molecule has 8 heteroatoms. The van der Waals surface area contributed by atoms with E-state index in [1.807, 2.05) is 0 Å². The van der Waals surface area contributed by atoms with Gasteiger partial charge in [-0.15, -0.1) is 0 Å². The normalized spacial score (nSPS) is 14.8. The molecule has 0 aliphatic rings. The highest BCUT2D eigenvalue weighted by molar-refractivity contribution is 7.99. The Balaban J connectivity index is 2.97. The first-order valence-electron chi connectivity index (χ1n) is 5.85. The lowest BCUT2D eigenvalue weighted by atomic mass is 10.3. The molecule has 0 aromatic heterocycles. The molecular formula is C12H18FNO4S2. The average Bonchev–Trinajstić information content (AvgIpc) is 2.39. The minimum Gasteiger partial charge on any atom is -0.494 e. The van der Waals surface area contributed by atoms with E-state index in [9.17, 15) is 12.8 Å². The van der Waals surface area contributed by atoms with E-state index in [0.29, 0.717) is 0 Å². The van der Waals surface area contributed by atoms with Gasteiger partial charge in [-0.05, 0) is 31.4 Å². The van der Waals surface area contributed by atoms with Crippen molar-refractivity contribution in [3.05, 3.63) is 24.0 Å². The van der Waals surface area contributed by atoms with Crippen LogP contribution in [-0.2, 0) is 10.0 Å². The fraction of sp³-hybridized carbons (Fsp3) is 0.500. The van der Waals surface area contributed by atoms with Gasteiger partial charge in [-0.1, -0.05) is 0 Å². The molecule has 114 valence electrons. The third-order valence-corrected chi connectivity index (χ3v) is 5.53. The topological polar surface area (TPSA) is 75.6 Å². The second kappa shape index (κ2) is 7.26. The Morgan fingerprint density at radius 3 is 2.60 bits per heavy atom. The number of rotatable bonds is 7. The Bertz CT molecular complexity index is 546. The third-order valence-electron chi connectivity index (χ3n) is 2.81. The summed E-state index contributed by atoms with van der Waals surface area (Å²) in [6, 6.07) is 2.95. The maximum absolute atomic E-state index is 13.5. The van der Waals surface area contributed by atoms with E-state index in [4.69, 9.17) is 9.84 Å². The van der Waals surface area contributed by atoms with Gasteiger partial charge in [0.1, 0.15) is 0 Å². The van der Waals surface area contributed by atoms with Gasteiger partial charge in [-0.2, -0.15) is 11.8 Å². The number of halogens is 1. The molecule has 0 fully saturated rings. The van der Waals surface area contributed by atoms with E-state index in [1.54, 1.807) is 13.2 Å². The van der Waals surface area contributed by atoms with Crippen LogP contribution in [-0.4, -0.2) is 44.8 Å². The molecule has 1 rings (SSSR count).